The van der Waals surface area contributed by atoms with Crippen LogP contribution in [-0.2, 0) is 10.0 Å². The second-order valence-electron chi connectivity index (χ2n) is 7.44. The third kappa shape index (κ3) is 3.53. The molecule has 4 rings (SSSR count). The second-order valence-corrected chi connectivity index (χ2v) is 9.13. The van der Waals surface area contributed by atoms with Crippen LogP contribution in [0.1, 0.15) is 13.8 Å². The van der Waals surface area contributed by atoms with Crippen LogP contribution in [0.4, 0.5) is 4.39 Å². The van der Waals surface area contributed by atoms with Crippen molar-refractivity contribution >= 4 is 31.6 Å². The van der Waals surface area contributed by atoms with E-state index in [0.29, 0.717) is 27.6 Å². The molecule has 0 amide bonds. The standard InChI is InChI=1S/C24H22FNO3S/c1-15(2)26-30(27,28)22-13-9-16-6-4-5-7-19(16)24(22)23-20-11-10-18(25)14-17(20)8-12-21(23)29-3/h4-15,26H,1-3H3. The third-order valence-corrected chi connectivity index (χ3v) is 6.69. The molecule has 30 heavy (non-hydrogen) atoms. The van der Waals surface area contributed by atoms with Crippen molar-refractivity contribution in [2.75, 3.05) is 7.11 Å². The zero-order valence-electron chi connectivity index (χ0n) is 16.9. The minimum Gasteiger partial charge on any atom is -0.496 e. The monoisotopic (exact) mass is 423 g/mol. The topological polar surface area (TPSA) is 55.4 Å². The Morgan fingerprint density at radius 2 is 1.57 bits per heavy atom. The van der Waals surface area contributed by atoms with Gasteiger partial charge in [0, 0.05) is 17.2 Å². The summed E-state index contributed by atoms with van der Waals surface area (Å²) in [6.45, 7) is 3.55. The summed E-state index contributed by atoms with van der Waals surface area (Å²) in [6, 6.07) is 18.7. The van der Waals surface area contributed by atoms with Crippen molar-refractivity contribution in [1.82, 2.24) is 4.72 Å². The number of rotatable bonds is 5. The van der Waals surface area contributed by atoms with Gasteiger partial charge in [-0.05, 0) is 59.7 Å². The Balaban J connectivity index is 2.19. The molecule has 0 unspecified atom stereocenters. The fourth-order valence-electron chi connectivity index (χ4n) is 3.82. The molecule has 6 heteroatoms. The van der Waals surface area contributed by atoms with Gasteiger partial charge in [0.05, 0.1) is 12.0 Å². The van der Waals surface area contributed by atoms with Crippen molar-refractivity contribution in [3.63, 3.8) is 0 Å². The highest BCUT2D eigenvalue weighted by atomic mass is 32.2. The Morgan fingerprint density at radius 1 is 0.867 bits per heavy atom. The van der Waals surface area contributed by atoms with Crippen molar-refractivity contribution in [1.29, 1.82) is 0 Å². The molecule has 4 aromatic rings. The molecular weight excluding hydrogens is 401 g/mol. The molecule has 0 fully saturated rings. The van der Waals surface area contributed by atoms with Gasteiger partial charge in [-0.2, -0.15) is 0 Å². The first kappa shape index (κ1) is 20.3. The van der Waals surface area contributed by atoms with Gasteiger partial charge in [-0.15, -0.1) is 0 Å². The van der Waals surface area contributed by atoms with Gasteiger partial charge >= 0.3 is 0 Å². The number of halogens is 1. The van der Waals surface area contributed by atoms with Crippen molar-refractivity contribution in [3.05, 3.63) is 72.5 Å². The first-order valence-electron chi connectivity index (χ1n) is 9.62. The largest absolute Gasteiger partial charge is 0.496 e. The Labute approximate surface area is 175 Å². The van der Waals surface area contributed by atoms with Crippen LogP contribution < -0.4 is 9.46 Å². The highest BCUT2D eigenvalue weighted by Gasteiger charge is 2.25. The van der Waals surface area contributed by atoms with Crippen LogP contribution in [-0.4, -0.2) is 21.6 Å². The molecule has 0 bridgehead atoms. The number of sulfonamides is 1. The summed E-state index contributed by atoms with van der Waals surface area (Å²) in [5, 5.41) is 3.06. The van der Waals surface area contributed by atoms with Crippen molar-refractivity contribution < 1.29 is 17.5 Å². The van der Waals surface area contributed by atoms with Crippen molar-refractivity contribution in [2.24, 2.45) is 0 Å². The molecular formula is C24H22FNO3S. The van der Waals surface area contributed by atoms with E-state index in [1.54, 1.807) is 51.3 Å². The van der Waals surface area contributed by atoms with Crippen LogP contribution >= 0.6 is 0 Å². The van der Waals surface area contributed by atoms with Crippen LogP contribution in [0.5, 0.6) is 5.75 Å². The van der Waals surface area contributed by atoms with Crippen molar-refractivity contribution in [2.45, 2.75) is 24.8 Å². The first-order valence-corrected chi connectivity index (χ1v) is 11.1. The SMILES string of the molecule is COc1ccc2cc(F)ccc2c1-c1c(S(=O)(=O)NC(C)C)ccc2ccccc12. The Morgan fingerprint density at radius 3 is 2.30 bits per heavy atom. The molecule has 0 spiro atoms. The lowest BCUT2D eigenvalue weighted by Gasteiger charge is -2.19. The molecule has 154 valence electrons. The summed E-state index contributed by atoms with van der Waals surface area (Å²) in [6.07, 6.45) is 0. The highest BCUT2D eigenvalue weighted by Crippen LogP contribution is 2.43. The molecule has 4 nitrogen and oxygen atoms in total. The molecule has 1 N–H and O–H groups in total. The van der Waals surface area contributed by atoms with Crippen molar-refractivity contribution in [3.8, 4) is 16.9 Å². The number of ether oxygens (including phenoxy) is 1. The molecule has 0 saturated heterocycles. The third-order valence-electron chi connectivity index (χ3n) is 4.98. The molecule has 0 heterocycles. The van der Waals surface area contributed by atoms with E-state index in [2.05, 4.69) is 4.72 Å². The summed E-state index contributed by atoms with van der Waals surface area (Å²) in [5.74, 6) is 0.164. The van der Waals surface area contributed by atoms with Gasteiger partial charge < -0.3 is 4.74 Å². The Hall–Kier alpha value is -2.96. The molecule has 0 aliphatic rings. The predicted octanol–water partition coefficient (Wildman–Crippen LogP) is 5.49. The van der Waals surface area contributed by atoms with Gasteiger partial charge in [0.15, 0.2) is 0 Å². The minimum atomic E-state index is -3.81. The normalized spacial score (nSPS) is 12.0. The number of fused-ring (bicyclic) bond motifs is 2. The first-order chi connectivity index (χ1) is 14.3. The highest BCUT2D eigenvalue weighted by molar-refractivity contribution is 7.89. The molecule has 0 radical (unpaired) electrons. The van der Waals surface area contributed by atoms with Gasteiger partial charge in [-0.1, -0.05) is 42.5 Å². The van der Waals surface area contributed by atoms with E-state index in [1.165, 1.54) is 12.1 Å². The number of benzene rings is 4. The molecule has 0 aliphatic heterocycles. The Bertz CT molecular complexity index is 1360. The van der Waals surface area contributed by atoms with E-state index in [4.69, 9.17) is 4.74 Å². The van der Waals surface area contributed by atoms with Gasteiger partial charge in [0.25, 0.3) is 0 Å². The smallest absolute Gasteiger partial charge is 0.241 e. The average Bonchev–Trinajstić information content (AvgIpc) is 2.71. The predicted molar refractivity (Wildman–Crippen MR) is 119 cm³/mol. The number of hydrogen-bond acceptors (Lipinski definition) is 3. The maximum atomic E-state index is 13.9. The maximum absolute atomic E-state index is 13.9. The summed E-state index contributed by atoms with van der Waals surface area (Å²) in [4.78, 5) is 0.157. The van der Waals surface area contributed by atoms with Gasteiger partial charge in [0.2, 0.25) is 10.0 Å². The Kier molecular flexibility index (Phi) is 5.22. The summed E-state index contributed by atoms with van der Waals surface area (Å²) in [7, 11) is -2.27. The maximum Gasteiger partial charge on any atom is 0.241 e. The zero-order valence-corrected chi connectivity index (χ0v) is 17.8. The minimum absolute atomic E-state index is 0.157. The van der Waals surface area contributed by atoms with E-state index in [0.717, 1.165) is 10.8 Å². The lowest BCUT2D eigenvalue weighted by molar-refractivity contribution is 0.417. The molecule has 4 aromatic carbocycles. The molecule has 0 saturated carbocycles. The van der Waals surface area contributed by atoms with E-state index in [9.17, 15) is 12.8 Å². The number of methoxy groups -OCH3 is 1. The average molecular weight is 424 g/mol. The van der Waals surface area contributed by atoms with Crippen LogP contribution in [0, 0.1) is 5.82 Å². The fourth-order valence-corrected chi connectivity index (χ4v) is 5.29. The molecule has 0 aliphatic carbocycles. The zero-order chi connectivity index (χ0) is 21.5. The number of nitrogens with one attached hydrogen (secondary N) is 1. The second kappa shape index (κ2) is 7.70. The fraction of sp³-hybridized carbons (Fsp3) is 0.167. The van der Waals surface area contributed by atoms with Gasteiger partial charge in [0.1, 0.15) is 11.6 Å². The van der Waals surface area contributed by atoms with E-state index < -0.39 is 10.0 Å². The van der Waals surface area contributed by atoms with Gasteiger partial charge in [-0.25, -0.2) is 17.5 Å². The summed E-state index contributed by atoms with van der Waals surface area (Å²) >= 11 is 0. The summed E-state index contributed by atoms with van der Waals surface area (Å²) in [5.41, 5.74) is 1.16. The molecule has 0 aromatic heterocycles. The van der Waals surface area contributed by atoms with Crippen LogP contribution in [0.15, 0.2) is 71.6 Å². The summed E-state index contributed by atoms with van der Waals surface area (Å²) < 4.78 is 48.7. The van der Waals surface area contributed by atoms with Crippen LogP contribution in [0.25, 0.3) is 32.7 Å². The van der Waals surface area contributed by atoms with E-state index >= 15 is 0 Å². The quantitative estimate of drug-likeness (QED) is 0.461. The number of hydrogen-bond donors (Lipinski definition) is 1. The lowest BCUT2D eigenvalue weighted by Crippen LogP contribution is -2.30. The molecule has 0 atom stereocenters. The van der Waals surface area contributed by atoms with Crippen LogP contribution in [0.2, 0.25) is 0 Å². The van der Waals surface area contributed by atoms with E-state index in [-0.39, 0.29) is 16.8 Å². The van der Waals surface area contributed by atoms with Gasteiger partial charge in [-0.3, -0.25) is 0 Å². The van der Waals surface area contributed by atoms with Crippen LogP contribution in [0.3, 0.4) is 0 Å². The lowest BCUT2D eigenvalue weighted by atomic mass is 9.93. The van der Waals surface area contributed by atoms with E-state index in [1.807, 2.05) is 24.3 Å².